The maximum atomic E-state index is 11.6. The first-order chi connectivity index (χ1) is 9.31. The largest absolute Gasteiger partial charge is 0.465 e. The molecule has 1 aromatic heterocycles. The quantitative estimate of drug-likeness (QED) is 0.773. The summed E-state index contributed by atoms with van der Waals surface area (Å²) >= 11 is 0. The fourth-order valence-electron chi connectivity index (χ4n) is 1.95. The molecule has 6 nitrogen and oxygen atoms in total. The zero-order chi connectivity index (χ0) is 13.5. The molecule has 2 rings (SSSR count). The molecule has 0 amide bonds. The van der Waals surface area contributed by atoms with Gasteiger partial charge in [0.05, 0.1) is 20.3 Å². The third-order valence-corrected chi connectivity index (χ3v) is 2.98. The predicted octanol–water partition coefficient (Wildman–Crippen LogP) is 0.516. The Morgan fingerprint density at radius 2 is 2.58 bits per heavy atom. The number of hydrogen-bond acceptors (Lipinski definition) is 6. The fourth-order valence-corrected chi connectivity index (χ4v) is 1.95. The van der Waals surface area contributed by atoms with E-state index in [1.165, 1.54) is 7.11 Å². The minimum Gasteiger partial charge on any atom is -0.465 e. The smallest absolute Gasteiger partial charge is 0.341 e. The number of aromatic nitrogens is 1. The van der Waals surface area contributed by atoms with Gasteiger partial charge in [0, 0.05) is 31.7 Å². The molecule has 0 saturated carbocycles. The van der Waals surface area contributed by atoms with Gasteiger partial charge >= 0.3 is 5.97 Å². The second kappa shape index (κ2) is 7.06. The summed E-state index contributed by atoms with van der Waals surface area (Å²) in [5.41, 5.74) is 0.451. The van der Waals surface area contributed by atoms with Gasteiger partial charge in [0.25, 0.3) is 0 Å². The topological polar surface area (TPSA) is 72.5 Å². The first kappa shape index (κ1) is 13.8. The SMILES string of the molecule is COC(=O)c1cccnc1NC[C@@H]1CNCCOC1. The highest BCUT2D eigenvalue weighted by Gasteiger charge is 2.15. The molecular formula is C13H19N3O3. The molecule has 1 aromatic rings. The van der Waals surface area contributed by atoms with Gasteiger partial charge in [0.2, 0.25) is 0 Å². The van der Waals surface area contributed by atoms with E-state index in [1.807, 2.05) is 0 Å². The molecule has 1 atom stereocenters. The van der Waals surface area contributed by atoms with Crippen LogP contribution in [-0.2, 0) is 9.47 Å². The lowest BCUT2D eigenvalue weighted by Gasteiger charge is -2.16. The van der Waals surface area contributed by atoms with Crippen LogP contribution in [-0.4, -0.2) is 50.9 Å². The summed E-state index contributed by atoms with van der Waals surface area (Å²) in [6.07, 6.45) is 1.65. The van der Waals surface area contributed by atoms with Crippen LogP contribution in [0.2, 0.25) is 0 Å². The third kappa shape index (κ3) is 3.90. The molecule has 0 aromatic carbocycles. The summed E-state index contributed by atoms with van der Waals surface area (Å²) in [5, 5.41) is 6.50. The summed E-state index contributed by atoms with van der Waals surface area (Å²) in [4.78, 5) is 15.8. The number of nitrogens with zero attached hydrogens (tertiary/aromatic N) is 1. The van der Waals surface area contributed by atoms with Gasteiger partial charge in [-0.05, 0) is 12.1 Å². The zero-order valence-electron chi connectivity index (χ0n) is 11.0. The molecule has 2 N–H and O–H groups in total. The van der Waals surface area contributed by atoms with Crippen LogP contribution in [0.4, 0.5) is 5.82 Å². The van der Waals surface area contributed by atoms with Crippen molar-refractivity contribution in [1.82, 2.24) is 10.3 Å². The Balaban J connectivity index is 1.96. The number of esters is 1. The van der Waals surface area contributed by atoms with Crippen LogP contribution in [0, 0.1) is 5.92 Å². The number of nitrogens with one attached hydrogen (secondary N) is 2. The van der Waals surface area contributed by atoms with E-state index in [1.54, 1.807) is 18.3 Å². The number of rotatable bonds is 4. The molecule has 0 spiro atoms. The van der Waals surface area contributed by atoms with Crippen LogP contribution in [0.3, 0.4) is 0 Å². The molecule has 0 unspecified atom stereocenters. The highest BCUT2D eigenvalue weighted by Crippen LogP contribution is 2.13. The summed E-state index contributed by atoms with van der Waals surface area (Å²) < 4.78 is 10.2. The van der Waals surface area contributed by atoms with Gasteiger partial charge in [-0.3, -0.25) is 0 Å². The van der Waals surface area contributed by atoms with Gasteiger partial charge in [0.1, 0.15) is 11.4 Å². The van der Waals surface area contributed by atoms with Crippen molar-refractivity contribution < 1.29 is 14.3 Å². The van der Waals surface area contributed by atoms with Crippen LogP contribution in [0.15, 0.2) is 18.3 Å². The fraction of sp³-hybridized carbons (Fsp3) is 0.538. The highest BCUT2D eigenvalue weighted by molar-refractivity contribution is 5.94. The van der Waals surface area contributed by atoms with Gasteiger partial charge in [0.15, 0.2) is 0 Å². The molecule has 0 bridgehead atoms. The van der Waals surface area contributed by atoms with E-state index in [4.69, 9.17) is 9.47 Å². The lowest BCUT2D eigenvalue weighted by atomic mass is 10.1. The molecule has 1 aliphatic heterocycles. The lowest BCUT2D eigenvalue weighted by molar-refractivity contribution is 0.0601. The van der Waals surface area contributed by atoms with E-state index < -0.39 is 0 Å². The van der Waals surface area contributed by atoms with Crippen LogP contribution < -0.4 is 10.6 Å². The highest BCUT2D eigenvalue weighted by atomic mass is 16.5. The second-order valence-electron chi connectivity index (χ2n) is 4.42. The first-order valence-electron chi connectivity index (χ1n) is 6.37. The van der Waals surface area contributed by atoms with E-state index >= 15 is 0 Å². The molecule has 6 heteroatoms. The summed E-state index contributed by atoms with van der Waals surface area (Å²) in [5.74, 6) is 0.527. The normalized spacial score (nSPS) is 19.5. The number of hydrogen-bond donors (Lipinski definition) is 2. The van der Waals surface area contributed by atoms with Crippen molar-refractivity contribution >= 4 is 11.8 Å². The maximum Gasteiger partial charge on any atom is 0.341 e. The molecule has 1 saturated heterocycles. The van der Waals surface area contributed by atoms with Crippen molar-refractivity contribution in [2.45, 2.75) is 0 Å². The minimum atomic E-state index is -0.383. The van der Waals surface area contributed by atoms with E-state index in [0.717, 1.165) is 19.7 Å². The first-order valence-corrected chi connectivity index (χ1v) is 6.37. The Kier molecular flexibility index (Phi) is 5.11. The van der Waals surface area contributed by atoms with Gasteiger partial charge in [-0.15, -0.1) is 0 Å². The number of anilines is 1. The van der Waals surface area contributed by atoms with Crippen LogP contribution in [0.25, 0.3) is 0 Å². The van der Waals surface area contributed by atoms with Gasteiger partial charge in [-0.1, -0.05) is 0 Å². The van der Waals surface area contributed by atoms with Crippen LogP contribution in [0.1, 0.15) is 10.4 Å². The van der Waals surface area contributed by atoms with Crippen molar-refractivity contribution in [3.8, 4) is 0 Å². The number of methoxy groups -OCH3 is 1. The molecule has 104 valence electrons. The van der Waals surface area contributed by atoms with Gasteiger partial charge in [-0.2, -0.15) is 0 Å². The standard InChI is InChI=1S/C13H19N3O3/c1-18-13(17)11-3-2-4-15-12(11)16-8-10-7-14-5-6-19-9-10/h2-4,10,14H,5-9H2,1H3,(H,15,16)/t10-/m0/s1. The number of carbonyl (C=O) groups excluding carboxylic acids is 1. The van der Waals surface area contributed by atoms with Crippen molar-refractivity contribution in [1.29, 1.82) is 0 Å². The van der Waals surface area contributed by atoms with Crippen LogP contribution >= 0.6 is 0 Å². The molecular weight excluding hydrogens is 246 g/mol. The van der Waals surface area contributed by atoms with Gasteiger partial charge < -0.3 is 20.1 Å². The average molecular weight is 265 g/mol. The Morgan fingerprint density at radius 3 is 3.42 bits per heavy atom. The maximum absolute atomic E-state index is 11.6. The molecule has 2 heterocycles. The summed E-state index contributed by atoms with van der Waals surface area (Å²) in [6, 6.07) is 3.41. The minimum absolute atomic E-state index is 0.356. The van der Waals surface area contributed by atoms with Crippen molar-refractivity contribution in [2.24, 2.45) is 5.92 Å². The van der Waals surface area contributed by atoms with Crippen molar-refractivity contribution in [3.05, 3.63) is 23.9 Å². The van der Waals surface area contributed by atoms with E-state index in [0.29, 0.717) is 30.5 Å². The predicted molar refractivity (Wildman–Crippen MR) is 71.2 cm³/mol. The number of pyridine rings is 1. The number of carbonyl (C=O) groups is 1. The Labute approximate surface area is 112 Å². The zero-order valence-corrected chi connectivity index (χ0v) is 11.0. The van der Waals surface area contributed by atoms with Crippen molar-refractivity contribution in [2.75, 3.05) is 45.3 Å². The molecule has 19 heavy (non-hydrogen) atoms. The lowest BCUT2D eigenvalue weighted by Crippen LogP contribution is -2.28. The number of ether oxygens (including phenoxy) is 2. The van der Waals surface area contributed by atoms with Crippen LogP contribution in [0.5, 0.6) is 0 Å². The van der Waals surface area contributed by atoms with E-state index in [-0.39, 0.29) is 5.97 Å². The third-order valence-electron chi connectivity index (χ3n) is 2.98. The summed E-state index contributed by atoms with van der Waals surface area (Å²) in [7, 11) is 1.36. The molecule has 0 radical (unpaired) electrons. The molecule has 1 fully saturated rings. The summed E-state index contributed by atoms with van der Waals surface area (Å²) in [6.45, 7) is 3.93. The monoisotopic (exact) mass is 265 g/mol. The Bertz CT molecular complexity index is 417. The van der Waals surface area contributed by atoms with E-state index in [2.05, 4.69) is 15.6 Å². The van der Waals surface area contributed by atoms with Gasteiger partial charge in [-0.25, -0.2) is 9.78 Å². The van der Waals surface area contributed by atoms with E-state index in [9.17, 15) is 4.79 Å². The Morgan fingerprint density at radius 1 is 1.68 bits per heavy atom. The second-order valence-corrected chi connectivity index (χ2v) is 4.42. The molecule has 1 aliphatic rings. The average Bonchev–Trinajstić information content (AvgIpc) is 2.73. The molecule has 0 aliphatic carbocycles. The van der Waals surface area contributed by atoms with Crippen molar-refractivity contribution in [3.63, 3.8) is 0 Å². The Hall–Kier alpha value is -1.66.